The molecular formula is C24H24N4O2S. The lowest BCUT2D eigenvalue weighted by Gasteiger charge is -2.11. The first kappa shape index (κ1) is 20.9. The molecule has 0 aliphatic heterocycles. The van der Waals surface area contributed by atoms with Gasteiger partial charge in [-0.25, -0.2) is 0 Å². The van der Waals surface area contributed by atoms with Crippen molar-refractivity contribution in [3.63, 3.8) is 0 Å². The lowest BCUT2D eigenvalue weighted by Crippen LogP contribution is -2.14. The molecule has 7 heteroatoms. The number of ether oxygens (including phenoxy) is 1. The third kappa shape index (κ3) is 4.72. The molecule has 0 aliphatic rings. The lowest BCUT2D eigenvalue weighted by molar-refractivity contribution is -0.113. The second-order valence-electron chi connectivity index (χ2n) is 7.33. The van der Waals surface area contributed by atoms with Gasteiger partial charge in [0.25, 0.3) is 0 Å². The van der Waals surface area contributed by atoms with E-state index in [9.17, 15) is 4.79 Å². The molecule has 1 amide bonds. The van der Waals surface area contributed by atoms with Gasteiger partial charge < -0.3 is 14.6 Å². The maximum absolute atomic E-state index is 12.5. The molecule has 6 nitrogen and oxygen atoms in total. The Hall–Kier alpha value is -3.32. The fourth-order valence-electron chi connectivity index (χ4n) is 3.41. The number of rotatable bonds is 7. The largest absolute Gasteiger partial charge is 0.485 e. The zero-order valence-corrected chi connectivity index (χ0v) is 18.6. The molecule has 31 heavy (non-hydrogen) atoms. The van der Waals surface area contributed by atoms with Crippen molar-refractivity contribution in [2.24, 2.45) is 7.05 Å². The zero-order valence-electron chi connectivity index (χ0n) is 17.8. The highest BCUT2D eigenvalue weighted by atomic mass is 32.2. The number of aryl methyl sites for hydroxylation is 2. The molecule has 0 saturated heterocycles. The summed E-state index contributed by atoms with van der Waals surface area (Å²) >= 11 is 1.35. The van der Waals surface area contributed by atoms with Crippen LogP contribution in [0.25, 0.3) is 10.8 Å². The number of anilines is 1. The number of thioether (sulfide) groups is 1. The van der Waals surface area contributed by atoms with Gasteiger partial charge in [0.15, 0.2) is 11.0 Å². The summed E-state index contributed by atoms with van der Waals surface area (Å²) in [4.78, 5) is 12.5. The average molecular weight is 433 g/mol. The number of carbonyl (C=O) groups excluding carboxylic acids is 1. The minimum atomic E-state index is -0.0855. The normalized spacial score (nSPS) is 10.9. The molecule has 158 valence electrons. The molecule has 0 saturated carbocycles. The lowest BCUT2D eigenvalue weighted by atomic mass is 10.1. The molecule has 0 spiro atoms. The molecule has 1 heterocycles. The molecule has 3 aromatic carbocycles. The number of nitrogens with zero attached hydrogens (tertiary/aromatic N) is 3. The van der Waals surface area contributed by atoms with Crippen LogP contribution in [0.5, 0.6) is 5.75 Å². The van der Waals surface area contributed by atoms with Gasteiger partial charge in [-0.3, -0.25) is 4.79 Å². The third-order valence-electron chi connectivity index (χ3n) is 5.08. The van der Waals surface area contributed by atoms with Crippen molar-refractivity contribution in [2.45, 2.75) is 25.6 Å². The van der Waals surface area contributed by atoms with E-state index in [0.29, 0.717) is 17.6 Å². The average Bonchev–Trinajstić information content (AvgIpc) is 3.12. The van der Waals surface area contributed by atoms with Gasteiger partial charge >= 0.3 is 0 Å². The molecule has 0 aliphatic carbocycles. The maximum Gasteiger partial charge on any atom is 0.234 e. The summed E-state index contributed by atoms with van der Waals surface area (Å²) in [6.45, 7) is 4.36. The number of fused-ring (bicyclic) bond motifs is 1. The van der Waals surface area contributed by atoms with Crippen LogP contribution in [0.4, 0.5) is 5.69 Å². The molecule has 0 atom stereocenters. The van der Waals surface area contributed by atoms with Gasteiger partial charge in [0.2, 0.25) is 5.91 Å². The van der Waals surface area contributed by atoms with E-state index in [1.165, 1.54) is 11.8 Å². The Morgan fingerprint density at radius 3 is 2.52 bits per heavy atom. The van der Waals surface area contributed by atoms with E-state index in [4.69, 9.17) is 4.74 Å². The van der Waals surface area contributed by atoms with E-state index in [2.05, 4.69) is 15.5 Å². The molecule has 1 N–H and O–H groups in total. The van der Waals surface area contributed by atoms with Crippen molar-refractivity contribution in [1.82, 2.24) is 14.8 Å². The van der Waals surface area contributed by atoms with Crippen LogP contribution in [-0.2, 0) is 18.4 Å². The van der Waals surface area contributed by atoms with Gasteiger partial charge in [0.05, 0.1) is 5.75 Å². The van der Waals surface area contributed by atoms with Crippen LogP contribution < -0.4 is 10.1 Å². The summed E-state index contributed by atoms with van der Waals surface area (Å²) in [5, 5.41) is 14.2. The highest BCUT2D eigenvalue weighted by Gasteiger charge is 2.14. The highest BCUT2D eigenvalue weighted by Crippen LogP contribution is 2.25. The van der Waals surface area contributed by atoms with Crippen LogP contribution >= 0.6 is 11.8 Å². The number of carbonyl (C=O) groups is 1. The van der Waals surface area contributed by atoms with Crippen LogP contribution in [0, 0.1) is 13.8 Å². The fraction of sp³-hybridized carbons (Fsp3) is 0.208. The number of hydrogen-bond acceptors (Lipinski definition) is 5. The zero-order chi connectivity index (χ0) is 21.8. The first-order valence-electron chi connectivity index (χ1n) is 10.0. The molecule has 1 aromatic heterocycles. The second kappa shape index (κ2) is 9.22. The van der Waals surface area contributed by atoms with E-state index in [-0.39, 0.29) is 11.7 Å². The smallest absolute Gasteiger partial charge is 0.234 e. The monoisotopic (exact) mass is 432 g/mol. The molecule has 0 bridgehead atoms. The molecule has 0 radical (unpaired) electrons. The van der Waals surface area contributed by atoms with Crippen molar-refractivity contribution >= 4 is 34.1 Å². The number of aromatic nitrogens is 3. The van der Waals surface area contributed by atoms with Crippen LogP contribution in [0.1, 0.15) is 17.0 Å². The van der Waals surface area contributed by atoms with Crippen LogP contribution in [0.3, 0.4) is 0 Å². The first-order chi connectivity index (χ1) is 15.0. The summed E-state index contributed by atoms with van der Waals surface area (Å²) in [7, 11) is 1.88. The van der Waals surface area contributed by atoms with Gasteiger partial charge in [-0.1, -0.05) is 66.4 Å². The fourth-order valence-corrected chi connectivity index (χ4v) is 4.14. The van der Waals surface area contributed by atoms with E-state index < -0.39 is 0 Å². The Kier molecular flexibility index (Phi) is 6.23. The predicted octanol–water partition coefficient (Wildman–Crippen LogP) is 4.89. The van der Waals surface area contributed by atoms with Gasteiger partial charge in [-0.05, 0) is 36.4 Å². The first-order valence-corrected chi connectivity index (χ1v) is 11.0. The minimum Gasteiger partial charge on any atom is -0.485 e. The topological polar surface area (TPSA) is 69.0 Å². The van der Waals surface area contributed by atoms with E-state index in [1.807, 2.05) is 86.1 Å². The van der Waals surface area contributed by atoms with Crippen LogP contribution in [0.15, 0.2) is 65.8 Å². The Morgan fingerprint density at radius 1 is 1.00 bits per heavy atom. The number of amides is 1. The Labute approximate surface area is 185 Å². The number of nitrogens with one attached hydrogen (secondary N) is 1. The van der Waals surface area contributed by atoms with Crippen molar-refractivity contribution in [1.29, 1.82) is 0 Å². The standard InChI is InChI=1S/C24H24N4O2S/c1-16-8-6-9-17(2)23(16)30-14-21-26-27-24(28(21)3)31-15-22(29)25-20-13-7-11-18-10-4-5-12-19(18)20/h4-13H,14-15H2,1-3H3,(H,25,29). The van der Waals surface area contributed by atoms with Crippen molar-refractivity contribution < 1.29 is 9.53 Å². The molecule has 4 aromatic rings. The molecular weight excluding hydrogens is 408 g/mol. The maximum atomic E-state index is 12.5. The summed E-state index contributed by atoms with van der Waals surface area (Å²) in [5.41, 5.74) is 2.98. The summed E-state index contributed by atoms with van der Waals surface area (Å²) in [6.07, 6.45) is 0. The summed E-state index contributed by atoms with van der Waals surface area (Å²) < 4.78 is 7.85. The molecule has 0 fully saturated rings. The SMILES string of the molecule is Cc1cccc(C)c1OCc1nnc(SCC(=O)Nc2cccc3ccccc23)n1C. The van der Waals surface area contributed by atoms with Gasteiger partial charge in [0, 0.05) is 18.1 Å². The van der Waals surface area contributed by atoms with Crippen LogP contribution in [-0.4, -0.2) is 26.4 Å². The summed E-state index contributed by atoms with van der Waals surface area (Å²) in [6, 6.07) is 19.9. The van der Waals surface area contributed by atoms with Crippen LogP contribution in [0.2, 0.25) is 0 Å². The predicted molar refractivity (Wildman–Crippen MR) is 125 cm³/mol. The second-order valence-corrected chi connectivity index (χ2v) is 8.27. The van der Waals surface area contributed by atoms with Gasteiger partial charge in [-0.15, -0.1) is 10.2 Å². The number of para-hydroxylation sites is 1. The quantitative estimate of drug-likeness (QED) is 0.421. The Bertz CT molecular complexity index is 1210. The Morgan fingerprint density at radius 2 is 1.71 bits per heavy atom. The highest BCUT2D eigenvalue weighted by molar-refractivity contribution is 7.99. The number of hydrogen-bond donors (Lipinski definition) is 1. The van der Waals surface area contributed by atoms with Crippen molar-refractivity contribution in [3.05, 3.63) is 77.6 Å². The molecule has 0 unspecified atom stereocenters. The Balaban J connectivity index is 1.37. The van der Waals surface area contributed by atoms with E-state index in [1.54, 1.807) is 0 Å². The molecule has 4 rings (SSSR count). The number of benzene rings is 3. The third-order valence-corrected chi connectivity index (χ3v) is 6.10. The van der Waals surface area contributed by atoms with Crippen molar-refractivity contribution in [2.75, 3.05) is 11.1 Å². The van der Waals surface area contributed by atoms with Gasteiger partial charge in [0.1, 0.15) is 12.4 Å². The van der Waals surface area contributed by atoms with Gasteiger partial charge in [-0.2, -0.15) is 0 Å². The minimum absolute atomic E-state index is 0.0855. The summed E-state index contributed by atoms with van der Waals surface area (Å²) in [5.74, 6) is 1.74. The van der Waals surface area contributed by atoms with E-state index in [0.717, 1.165) is 33.3 Å². The van der Waals surface area contributed by atoms with Crippen molar-refractivity contribution in [3.8, 4) is 5.75 Å². The van der Waals surface area contributed by atoms with E-state index >= 15 is 0 Å².